The first kappa shape index (κ1) is 15.3. The van der Waals surface area contributed by atoms with Gasteiger partial charge in [-0.3, -0.25) is 4.79 Å². The van der Waals surface area contributed by atoms with E-state index in [1.807, 2.05) is 0 Å². The Hall–Kier alpha value is -2.63. The molecule has 1 aromatic carbocycles. The van der Waals surface area contributed by atoms with Crippen LogP contribution >= 0.6 is 0 Å². The van der Waals surface area contributed by atoms with E-state index < -0.39 is 0 Å². The van der Waals surface area contributed by atoms with Crippen molar-refractivity contribution in [3.63, 3.8) is 0 Å². The number of hydrogen-bond donors (Lipinski definition) is 2. The molecule has 5 nitrogen and oxygen atoms in total. The summed E-state index contributed by atoms with van der Waals surface area (Å²) in [5, 5.41) is 6.00. The van der Waals surface area contributed by atoms with Crippen LogP contribution in [-0.2, 0) is 6.54 Å². The molecule has 6 heteroatoms. The third kappa shape index (κ3) is 3.97. The summed E-state index contributed by atoms with van der Waals surface area (Å²) in [6.07, 6.45) is 3.63. The zero-order valence-corrected chi connectivity index (χ0v) is 12.8. The predicted octanol–water partition coefficient (Wildman–Crippen LogP) is 2.73. The normalized spacial score (nSPS) is 13.5. The molecule has 0 unspecified atom stereocenters. The summed E-state index contributed by atoms with van der Waals surface area (Å²) in [4.78, 5) is 16.1. The molecule has 1 saturated carbocycles. The van der Waals surface area contributed by atoms with Crippen molar-refractivity contribution in [1.29, 1.82) is 0 Å². The first-order valence-electron chi connectivity index (χ1n) is 7.49. The molecule has 2 N–H and O–H groups in total. The van der Waals surface area contributed by atoms with Crippen LogP contribution in [0.1, 0.15) is 28.8 Å². The van der Waals surface area contributed by atoms with Crippen molar-refractivity contribution in [2.75, 3.05) is 12.4 Å². The molecular weight excluding hydrogens is 297 g/mol. The van der Waals surface area contributed by atoms with E-state index in [0.717, 1.165) is 12.8 Å². The number of hydrogen-bond acceptors (Lipinski definition) is 4. The number of rotatable bonds is 6. The Bertz CT molecular complexity index is 699. The van der Waals surface area contributed by atoms with E-state index in [1.54, 1.807) is 25.3 Å². The van der Waals surface area contributed by atoms with Crippen molar-refractivity contribution in [3.8, 4) is 5.75 Å². The highest BCUT2D eigenvalue weighted by atomic mass is 19.1. The van der Waals surface area contributed by atoms with Crippen LogP contribution in [0.3, 0.4) is 0 Å². The Morgan fingerprint density at radius 1 is 1.35 bits per heavy atom. The minimum Gasteiger partial charge on any atom is -0.496 e. The molecule has 2 aromatic rings. The van der Waals surface area contributed by atoms with Crippen LogP contribution in [0.25, 0.3) is 0 Å². The van der Waals surface area contributed by atoms with Crippen LogP contribution in [-0.4, -0.2) is 24.0 Å². The molecule has 1 aliphatic rings. The Labute approximate surface area is 133 Å². The van der Waals surface area contributed by atoms with Crippen LogP contribution in [0, 0.1) is 5.82 Å². The summed E-state index contributed by atoms with van der Waals surface area (Å²) in [7, 11) is 1.54. The van der Waals surface area contributed by atoms with Gasteiger partial charge in [-0.15, -0.1) is 0 Å². The van der Waals surface area contributed by atoms with E-state index in [4.69, 9.17) is 4.74 Å². The van der Waals surface area contributed by atoms with Crippen LogP contribution in [0.4, 0.5) is 10.2 Å². The van der Waals surface area contributed by atoms with Crippen molar-refractivity contribution in [2.45, 2.75) is 25.4 Å². The highest BCUT2D eigenvalue weighted by molar-refractivity contribution is 5.94. The van der Waals surface area contributed by atoms with Crippen LogP contribution < -0.4 is 15.4 Å². The first-order chi connectivity index (χ1) is 11.2. The quantitative estimate of drug-likeness (QED) is 0.860. The molecule has 1 heterocycles. The number of nitrogens with zero attached hydrogens (tertiary/aromatic N) is 1. The van der Waals surface area contributed by atoms with Gasteiger partial charge in [0.05, 0.1) is 12.7 Å². The summed E-state index contributed by atoms with van der Waals surface area (Å²) in [5.74, 6) is 0.805. The van der Waals surface area contributed by atoms with E-state index in [0.29, 0.717) is 35.3 Å². The third-order valence-electron chi connectivity index (χ3n) is 3.64. The minimum atomic E-state index is -0.317. The third-order valence-corrected chi connectivity index (χ3v) is 3.64. The highest BCUT2D eigenvalue weighted by Crippen LogP contribution is 2.21. The van der Waals surface area contributed by atoms with Gasteiger partial charge in [0.1, 0.15) is 17.4 Å². The fourth-order valence-electron chi connectivity index (χ4n) is 2.20. The Kier molecular flexibility index (Phi) is 4.41. The van der Waals surface area contributed by atoms with Crippen LogP contribution in [0.5, 0.6) is 5.75 Å². The van der Waals surface area contributed by atoms with Gasteiger partial charge in [0.15, 0.2) is 0 Å². The molecule has 3 rings (SSSR count). The number of anilines is 1. The molecule has 0 atom stereocenters. The number of carbonyl (C=O) groups excluding carboxylic acids is 1. The summed E-state index contributed by atoms with van der Waals surface area (Å²) < 4.78 is 18.5. The van der Waals surface area contributed by atoms with Gasteiger partial charge in [0, 0.05) is 24.3 Å². The zero-order valence-electron chi connectivity index (χ0n) is 12.8. The van der Waals surface area contributed by atoms with Gasteiger partial charge >= 0.3 is 0 Å². The highest BCUT2D eigenvalue weighted by Gasteiger charge is 2.23. The lowest BCUT2D eigenvalue weighted by molar-refractivity contribution is 0.0950. The average Bonchev–Trinajstić information content (AvgIpc) is 3.37. The molecule has 0 aliphatic heterocycles. The van der Waals surface area contributed by atoms with Crippen molar-refractivity contribution in [2.24, 2.45) is 0 Å². The van der Waals surface area contributed by atoms with Gasteiger partial charge in [0.2, 0.25) is 0 Å². The van der Waals surface area contributed by atoms with E-state index in [1.165, 1.54) is 18.3 Å². The predicted molar refractivity (Wildman–Crippen MR) is 85.0 cm³/mol. The van der Waals surface area contributed by atoms with Gasteiger partial charge in [-0.25, -0.2) is 9.37 Å². The summed E-state index contributed by atoms with van der Waals surface area (Å²) in [5.41, 5.74) is 1.23. The molecule has 23 heavy (non-hydrogen) atoms. The van der Waals surface area contributed by atoms with E-state index in [9.17, 15) is 9.18 Å². The second-order valence-electron chi connectivity index (χ2n) is 5.49. The van der Waals surface area contributed by atoms with Gasteiger partial charge < -0.3 is 15.4 Å². The van der Waals surface area contributed by atoms with Gasteiger partial charge in [0.25, 0.3) is 5.91 Å². The number of ether oxygens (including phenoxy) is 1. The summed E-state index contributed by atoms with van der Waals surface area (Å²) in [6, 6.07) is 8.13. The Balaban J connectivity index is 1.62. The van der Waals surface area contributed by atoms with Crippen molar-refractivity contribution >= 4 is 11.7 Å². The second kappa shape index (κ2) is 6.64. The fourth-order valence-corrected chi connectivity index (χ4v) is 2.20. The number of benzene rings is 1. The number of aromatic nitrogens is 1. The molecule has 1 amide bonds. The van der Waals surface area contributed by atoms with Gasteiger partial charge in [-0.05, 0) is 43.2 Å². The molecule has 1 fully saturated rings. The number of amides is 1. The first-order valence-corrected chi connectivity index (χ1v) is 7.49. The number of nitrogens with one attached hydrogen (secondary N) is 2. The Morgan fingerprint density at radius 2 is 2.17 bits per heavy atom. The standard InChI is InChI=1S/C17H18FN3O2/c1-23-15-6-3-13(18)8-12(15)10-20-16-7-2-11(9-19-16)17(22)21-14-4-5-14/h2-3,6-9,14H,4-5,10H2,1H3,(H,19,20)(H,21,22). The second-order valence-corrected chi connectivity index (χ2v) is 5.49. The summed E-state index contributed by atoms with van der Waals surface area (Å²) in [6.45, 7) is 0.377. The van der Waals surface area contributed by atoms with Crippen molar-refractivity contribution in [3.05, 3.63) is 53.5 Å². The van der Waals surface area contributed by atoms with Crippen LogP contribution in [0.15, 0.2) is 36.5 Å². The average molecular weight is 315 g/mol. The maximum atomic E-state index is 13.3. The van der Waals surface area contributed by atoms with Gasteiger partial charge in [-0.2, -0.15) is 0 Å². The van der Waals surface area contributed by atoms with E-state index in [-0.39, 0.29) is 11.7 Å². The SMILES string of the molecule is COc1ccc(F)cc1CNc1ccc(C(=O)NC2CC2)cn1. The van der Waals surface area contributed by atoms with Crippen molar-refractivity contribution in [1.82, 2.24) is 10.3 Å². The molecule has 1 aromatic heterocycles. The molecule has 0 saturated heterocycles. The smallest absolute Gasteiger partial charge is 0.253 e. The zero-order chi connectivity index (χ0) is 16.2. The number of halogens is 1. The topological polar surface area (TPSA) is 63.2 Å². The largest absolute Gasteiger partial charge is 0.496 e. The fraction of sp³-hybridized carbons (Fsp3) is 0.294. The monoisotopic (exact) mass is 315 g/mol. The molecule has 0 spiro atoms. The molecule has 1 aliphatic carbocycles. The molecule has 0 radical (unpaired) electrons. The lowest BCUT2D eigenvalue weighted by Crippen LogP contribution is -2.25. The number of pyridine rings is 1. The minimum absolute atomic E-state index is 0.0988. The molecule has 120 valence electrons. The molecular formula is C17H18FN3O2. The van der Waals surface area contributed by atoms with Crippen molar-refractivity contribution < 1.29 is 13.9 Å². The van der Waals surface area contributed by atoms with E-state index in [2.05, 4.69) is 15.6 Å². The van der Waals surface area contributed by atoms with Crippen LogP contribution in [0.2, 0.25) is 0 Å². The lowest BCUT2D eigenvalue weighted by atomic mass is 10.2. The lowest BCUT2D eigenvalue weighted by Gasteiger charge is -2.10. The Morgan fingerprint density at radius 3 is 2.83 bits per heavy atom. The van der Waals surface area contributed by atoms with Gasteiger partial charge in [-0.1, -0.05) is 0 Å². The molecule has 0 bridgehead atoms. The maximum Gasteiger partial charge on any atom is 0.253 e. The van der Waals surface area contributed by atoms with E-state index >= 15 is 0 Å². The number of methoxy groups -OCH3 is 1. The summed E-state index contributed by atoms with van der Waals surface area (Å²) >= 11 is 0. The maximum absolute atomic E-state index is 13.3. The number of carbonyl (C=O) groups is 1.